The minimum atomic E-state index is 0.257. The van der Waals surface area contributed by atoms with Gasteiger partial charge in [-0.3, -0.25) is 4.79 Å². The molecular weight excluding hydrogens is 312 g/mol. The van der Waals surface area contributed by atoms with Crippen molar-refractivity contribution in [3.63, 3.8) is 0 Å². The van der Waals surface area contributed by atoms with Crippen LogP contribution in [0.2, 0.25) is 0 Å². The summed E-state index contributed by atoms with van der Waals surface area (Å²) in [5.41, 5.74) is 3.26. The molecule has 0 spiro atoms. The van der Waals surface area contributed by atoms with E-state index in [1.807, 2.05) is 47.4 Å². The van der Waals surface area contributed by atoms with E-state index < -0.39 is 0 Å². The zero-order chi connectivity index (χ0) is 17.1. The quantitative estimate of drug-likeness (QED) is 0.728. The van der Waals surface area contributed by atoms with Gasteiger partial charge in [-0.1, -0.05) is 42.5 Å². The molecule has 1 aromatic heterocycles. The zero-order valence-electron chi connectivity index (χ0n) is 14.1. The Balaban J connectivity index is 1.29. The summed E-state index contributed by atoms with van der Waals surface area (Å²) < 4.78 is 0. The number of nitrogens with one attached hydrogen (secondary N) is 2. The summed E-state index contributed by atoms with van der Waals surface area (Å²) in [6.07, 6.45) is 1.53. The number of rotatable bonds is 6. The highest BCUT2D eigenvalue weighted by molar-refractivity contribution is 5.79. The molecule has 0 aliphatic carbocycles. The maximum absolute atomic E-state index is 12.2. The Labute approximate surface area is 147 Å². The number of amides is 1. The van der Waals surface area contributed by atoms with Gasteiger partial charge in [0.25, 0.3) is 0 Å². The average molecular weight is 334 g/mol. The first-order valence-corrected chi connectivity index (χ1v) is 8.78. The topological polar surface area (TPSA) is 61.0 Å². The summed E-state index contributed by atoms with van der Waals surface area (Å²) in [5, 5.41) is 3.35. The molecule has 1 aliphatic heterocycles. The Morgan fingerprint density at radius 1 is 1.12 bits per heavy atom. The van der Waals surface area contributed by atoms with Gasteiger partial charge in [0.2, 0.25) is 11.9 Å². The van der Waals surface area contributed by atoms with Crippen molar-refractivity contribution in [2.24, 2.45) is 5.92 Å². The van der Waals surface area contributed by atoms with Crippen LogP contribution in [0.5, 0.6) is 0 Å². The third-order valence-electron chi connectivity index (χ3n) is 4.76. The van der Waals surface area contributed by atoms with E-state index in [1.54, 1.807) is 0 Å². The second-order valence-corrected chi connectivity index (χ2v) is 6.63. The number of H-pyrrole nitrogens is 1. The summed E-state index contributed by atoms with van der Waals surface area (Å²) in [6.45, 7) is 2.37. The predicted molar refractivity (Wildman–Crippen MR) is 99.4 cm³/mol. The first kappa shape index (κ1) is 15.7. The van der Waals surface area contributed by atoms with Crippen molar-refractivity contribution in [3.8, 4) is 0 Å². The van der Waals surface area contributed by atoms with Gasteiger partial charge in [0.15, 0.2) is 0 Å². The van der Waals surface area contributed by atoms with E-state index in [0.717, 1.165) is 43.0 Å². The van der Waals surface area contributed by atoms with Crippen molar-refractivity contribution in [3.05, 3.63) is 60.2 Å². The van der Waals surface area contributed by atoms with Crippen LogP contribution in [0.1, 0.15) is 12.0 Å². The Morgan fingerprint density at radius 3 is 2.76 bits per heavy atom. The van der Waals surface area contributed by atoms with Crippen LogP contribution in [0.3, 0.4) is 0 Å². The molecular formula is C20H22N4O. The molecule has 0 bridgehead atoms. The molecule has 1 unspecified atom stereocenters. The number of hydrogen-bond acceptors (Lipinski definition) is 3. The van der Waals surface area contributed by atoms with Crippen LogP contribution >= 0.6 is 0 Å². The van der Waals surface area contributed by atoms with Crippen molar-refractivity contribution in [2.75, 3.05) is 25.0 Å². The number of carbonyl (C=O) groups is 1. The molecule has 0 saturated carbocycles. The molecule has 4 rings (SSSR count). The third kappa shape index (κ3) is 3.65. The lowest BCUT2D eigenvalue weighted by Gasteiger charge is -2.16. The van der Waals surface area contributed by atoms with Gasteiger partial charge in [-0.25, -0.2) is 4.98 Å². The van der Waals surface area contributed by atoms with Crippen LogP contribution in [0.15, 0.2) is 54.6 Å². The van der Waals surface area contributed by atoms with Crippen LogP contribution in [0, 0.1) is 5.92 Å². The average Bonchev–Trinajstić information content (AvgIpc) is 3.22. The van der Waals surface area contributed by atoms with Crippen molar-refractivity contribution in [1.29, 1.82) is 0 Å². The lowest BCUT2D eigenvalue weighted by molar-refractivity contribution is -0.127. The van der Waals surface area contributed by atoms with E-state index >= 15 is 0 Å². The Kier molecular flexibility index (Phi) is 4.37. The van der Waals surface area contributed by atoms with Crippen molar-refractivity contribution in [1.82, 2.24) is 14.9 Å². The zero-order valence-corrected chi connectivity index (χ0v) is 14.1. The minimum Gasteiger partial charge on any atom is -0.355 e. The molecule has 1 amide bonds. The number of nitrogens with zero attached hydrogens (tertiary/aromatic N) is 2. The second kappa shape index (κ2) is 6.97. The van der Waals surface area contributed by atoms with Crippen LogP contribution in [0.4, 0.5) is 5.95 Å². The fourth-order valence-corrected chi connectivity index (χ4v) is 3.39. The van der Waals surface area contributed by atoms with Gasteiger partial charge in [-0.15, -0.1) is 0 Å². The number of hydrogen-bond donors (Lipinski definition) is 2. The SMILES string of the molecule is O=C1CC(CNc2nc3ccccc3[nH]2)CN1CCc1ccccc1. The number of imidazole rings is 1. The van der Waals surface area contributed by atoms with Gasteiger partial charge < -0.3 is 15.2 Å². The van der Waals surface area contributed by atoms with Gasteiger partial charge >= 0.3 is 0 Å². The number of anilines is 1. The fraction of sp³-hybridized carbons (Fsp3) is 0.300. The number of aromatic nitrogens is 2. The Hall–Kier alpha value is -2.82. The molecule has 0 radical (unpaired) electrons. The van der Waals surface area contributed by atoms with Gasteiger partial charge in [-0.2, -0.15) is 0 Å². The fourth-order valence-electron chi connectivity index (χ4n) is 3.39. The van der Waals surface area contributed by atoms with E-state index in [9.17, 15) is 4.79 Å². The van der Waals surface area contributed by atoms with Gasteiger partial charge in [0.05, 0.1) is 11.0 Å². The van der Waals surface area contributed by atoms with Crippen LogP contribution in [0.25, 0.3) is 11.0 Å². The predicted octanol–water partition coefficient (Wildman–Crippen LogP) is 3.07. The maximum atomic E-state index is 12.2. The summed E-state index contributed by atoms with van der Waals surface area (Å²) in [4.78, 5) is 22.0. The molecule has 25 heavy (non-hydrogen) atoms. The van der Waals surface area contributed by atoms with Crippen molar-refractivity contribution >= 4 is 22.9 Å². The smallest absolute Gasteiger partial charge is 0.223 e. The standard InChI is InChI=1S/C20H22N4O/c25-19-12-16(14-24(19)11-10-15-6-2-1-3-7-15)13-21-20-22-17-8-4-5-9-18(17)23-20/h1-9,16H,10-14H2,(H2,21,22,23). The number of fused-ring (bicyclic) bond motifs is 1. The third-order valence-corrected chi connectivity index (χ3v) is 4.76. The second-order valence-electron chi connectivity index (χ2n) is 6.63. The Bertz CT molecular complexity index is 825. The maximum Gasteiger partial charge on any atom is 0.223 e. The number of benzene rings is 2. The van der Waals surface area contributed by atoms with Gasteiger partial charge in [-0.05, 0) is 24.1 Å². The largest absolute Gasteiger partial charge is 0.355 e. The Morgan fingerprint density at radius 2 is 1.92 bits per heavy atom. The normalized spacial score (nSPS) is 17.4. The molecule has 3 aromatic rings. The lowest BCUT2D eigenvalue weighted by atomic mass is 10.1. The summed E-state index contributed by atoms with van der Waals surface area (Å²) in [7, 11) is 0. The first-order valence-electron chi connectivity index (χ1n) is 8.78. The highest BCUT2D eigenvalue weighted by atomic mass is 16.2. The molecule has 1 aliphatic rings. The number of likely N-dealkylation sites (tertiary alicyclic amines) is 1. The van der Waals surface area contributed by atoms with E-state index in [1.165, 1.54) is 5.56 Å². The summed E-state index contributed by atoms with van der Waals surface area (Å²) in [5.74, 6) is 1.36. The number of aromatic amines is 1. The van der Waals surface area contributed by atoms with E-state index in [2.05, 4.69) is 27.4 Å². The van der Waals surface area contributed by atoms with Gasteiger partial charge in [0, 0.05) is 32.0 Å². The first-order chi connectivity index (χ1) is 12.3. The molecule has 128 valence electrons. The summed E-state index contributed by atoms with van der Waals surface area (Å²) in [6, 6.07) is 18.3. The highest BCUT2D eigenvalue weighted by Crippen LogP contribution is 2.20. The lowest BCUT2D eigenvalue weighted by Crippen LogP contribution is -2.28. The molecule has 1 fully saturated rings. The molecule has 5 nitrogen and oxygen atoms in total. The van der Waals surface area contributed by atoms with Crippen LogP contribution < -0.4 is 5.32 Å². The van der Waals surface area contributed by atoms with E-state index in [0.29, 0.717) is 12.3 Å². The van der Waals surface area contributed by atoms with E-state index in [4.69, 9.17) is 0 Å². The summed E-state index contributed by atoms with van der Waals surface area (Å²) >= 11 is 0. The van der Waals surface area contributed by atoms with Crippen molar-refractivity contribution < 1.29 is 4.79 Å². The van der Waals surface area contributed by atoms with Gasteiger partial charge in [0.1, 0.15) is 0 Å². The monoisotopic (exact) mass is 334 g/mol. The molecule has 2 heterocycles. The van der Waals surface area contributed by atoms with Crippen molar-refractivity contribution in [2.45, 2.75) is 12.8 Å². The van der Waals surface area contributed by atoms with Crippen LogP contribution in [-0.4, -0.2) is 40.4 Å². The molecule has 1 atom stereocenters. The molecule has 1 saturated heterocycles. The number of carbonyl (C=O) groups excluding carboxylic acids is 1. The van der Waals surface area contributed by atoms with E-state index in [-0.39, 0.29) is 5.91 Å². The highest BCUT2D eigenvalue weighted by Gasteiger charge is 2.29. The molecule has 2 aromatic carbocycles. The molecule has 2 N–H and O–H groups in total. The minimum absolute atomic E-state index is 0.257. The molecule has 5 heteroatoms. The van der Waals surface area contributed by atoms with Crippen LogP contribution in [-0.2, 0) is 11.2 Å². The number of para-hydroxylation sites is 2.